The summed E-state index contributed by atoms with van der Waals surface area (Å²) in [6, 6.07) is 5.88. The van der Waals surface area contributed by atoms with Crippen molar-refractivity contribution in [3.8, 4) is 45.8 Å². The normalized spacial score (nSPS) is 10.7. The second kappa shape index (κ2) is 6.40. The highest BCUT2D eigenvalue weighted by Gasteiger charge is 2.28. The highest BCUT2D eigenvalue weighted by atomic mass is 16.5. The van der Waals surface area contributed by atoms with Gasteiger partial charge in [0, 0.05) is 5.56 Å². The highest BCUT2D eigenvalue weighted by Crippen LogP contribution is 2.50. The lowest BCUT2D eigenvalue weighted by Crippen LogP contribution is -2.09. The van der Waals surface area contributed by atoms with Crippen LogP contribution in [0, 0.1) is 0 Å². The summed E-state index contributed by atoms with van der Waals surface area (Å²) in [6.45, 7) is 0. The molecule has 3 N–H and O–H groups in total. The Morgan fingerprint density at radius 2 is 1.38 bits per heavy atom. The number of ether oxygens (including phenoxy) is 3. The first-order valence-electron chi connectivity index (χ1n) is 7.44. The van der Waals surface area contributed by atoms with E-state index in [4.69, 9.17) is 18.6 Å². The van der Waals surface area contributed by atoms with Crippen molar-refractivity contribution in [3.63, 3.8) is 0 Å². The molecule has 1 aromatic heterocycles. The van der Waals surface area contributed by atoms with Crippen LogP contribution in [0.1, 0.15) is 0 Å². The molecule has 0 fully saturated rings. The summed E-state index contributed by atoms with van der Waals surface area (Å²) in [6.07, 6.45) is 0. The molecular formula is C18H16O8. The molecule has 26 heavy (non-hydrogen) atoms. The van der Waals surface area contributed by atoms with Gasteiger partial charge in [-0.1, -0.05) is 0 Å². The summed E-state index contributed by atoms with van der Waals surface area (Å²) in [4.78, 5) is 12.9. The van der Waals surface area contributed by atoms with Crippen molar-refractivity contribution in [1.82, 2.24) is 0 Å². The van der Waals surface area contributed by atoms with Crippen LogP contribution in [-0.2, 0) is 0 Å². The van der Waals surface area contributed by atoms with E-state index >= 15 is 0 Å². The first kappa shape index (κ1) is 17.3. The number of hydrogen-bond donors (Lipinski definition) is 3. The Morgan fingerprint density at radius 3 is 1.92 bits per heavy atom. The van der Waals surface area contributed by atoms with Gasteiger partial charge in [-0.25, -0.2) is 0 Å². The van der Waals surface area contributed by atoms with Crippen molar-refractivity contribution in [3.05, 3.63) is 34.5 Å². The summed E-state index contributed by atoms with van der Waals surface area (Å²) in [5.74, 6) is -1.67. The van der Waals surface area contributed by atoms with E-state index in [9.17, 15) is 20.1 Å². The maximum Gasteiger partial charge on any atom is 0.239 e. The lowest BCUT2D eigenvalue weighted by molar-refractivity contribution is 0.322. The number of benzene rings is 2. The molecule has 0 spiro atoms. The molecule has 0 atom stereocenters. The van der Waals surface area contributed by atoms with Crippen LogP contribution < -0.4 is 19.6 Å². The predicted molar refractivity (Wildman–Crippen MR) is 92.6 cm³/mol. The van der Waals surface area contributed by atoms with Gasteiger partial charge in [-0.05, 0) is 24.3 Å². The van der Waals surface area contributed by atoms with E-state index in [0.29, 0.717) is 5.56 Å². The minimum absolute atomic E-state index is 0.0356. The van der Waals surface area contributed by atoms with Crippen LogP contribution in [-0.4, -0.2) is 36.6 Å². The van der Waals surface area contributed by atoms with Crippen molar-refractivity contribution >= 4 is 11.0 Å². The molecule has 136 valence electrons. The van der Waals surface area contributed by atoms with Crippen LogP contribution >= 0.6 is 0 Å². The van der Waals surface area contributed by atoms with E-state index < -0.39 is 16.9 Å². The molecular weight excluding hydrogens is 344 g/mol. The summed E-state index contributed by atoms with van der Waals surface area (Å²) in [7, 11) is 3.78. The highest BCUT2D eigenvalue weighted by molar-refractivity contribution is 5.96. The van der Waals surface area contributed by atoms with Crippen molar-refractivity contribution in [2.75, 3.05) is 21.3 Å². The third-order valence-electron chi connectivity index (χ3n) is 3.90. The Labute approximate surface area is 147 Å². The molecule has 1 heterocycles. The zero-order valence-electron chi connectivity index (χ0n) is 14.2. The summed E-state index contributed by atoms with van der Waals surface area (Å²) >= 11 is 0. The van der Waals surface area contributed by atoms with Crippen molar-refractivity contribution in [1.29, 1.82) is 0 Å². The van der Waals surface area contributed by atoms with Gasteiger partial charge in [0.05, 0.1) is 21.3 Å². The third-order valence-corrected chi connectivity index (χ3v) is 3.90. The quantitative estimate of drug-likeness (QED) is 0.650. The third kappa shape index (κ3) is 2.43. The van der Waals surface area contributed by atoms with Gasteiger partial charge in [0.2, 0.25) is 28.4 Å². The van der Waals surface area contributed by atoms with Gasteiger partial charge in [-0.15, -0.1) is 0 Å². The van der Waals surface area contributed by atoms with Crippen molar-refractivity contribution in [2.45, 2.75) is 0 Å². The van der Waals surface area contributed by atoms with E-state index in [0.717, 1.165) is 0 Å². The fraction of sp³-hybridized carbons (Fsp3) is 0.167. The number of fused-ring (bicyclic) bond motifs is 1. The number of phenols is 3. The molecule has 0 aliphatic rings. The Hall–Kier alpha value is -3.55. The smallest absolute Gasteiger partial charge is 0.239 e. The second-order valence-corrected chi connectivity index (χ2v) is 5.31. The lowest BCUT2D eigenvalue weighted by atomic mass is 10.1. The molecule has 0 amide bonds. The predicted octanol–water partition coefficient (Wildman–Crippen LogP) is 2.60. The van der Waals surface area contributed by atoms with E-state index in [1.165, 1.54) is 45.6 Å². The van der Waals surface area contributed by atoms with Crippen LogP contribution in [0.2, 0.25) is 0 Å². The topological polar surface area (TPSA) is 119 Å². The molecule has 8 nitrogen and oxygen atoms in total. The maximum absolute atomic E-state index is 12.9. The van der Waals surface area contributed by atoms with Gasteiger partial charge in [0.15, 0.2) is 17.1 Å². The molecule has 0 saturated carbocycles. The molecule has 0 bridgehead atoms. The number of hydrogen-bond acceptors (Lipinski definition) is 8. The molecule has 8 heteroatoms. The average molecular weight is 360 g/mol. The maximum atomic E-state index is 12.9. The van der Waals surface area contributed by atoms with E-state index in [1.54, 1.807) is 0 Å². The SMILES string of the molecule is COc1c(O)c(OC)c2oc(-c3ccc(O)cc3)c(OC)c(=O)c2c1O. The number of phenolic OH excluding ortho intramolecular Hbond substituents is 3. The molecule has 0 unspecified atom stereocenters. The zero-order valence-corrected chi connectivity index (χ0v) is 14.2. The van der Waals surface area contributed by atoms with Crippen LogP contribution in [0.25, 0.3) is 22.3 Å². The Kier molecular flexibility index (Phi) is 4.25. The molecule has 0 aliphatic heterocycles. The van der Waals surface area contributed by atoms with E-state index in [-0.39, 0.29) is 39.7 Å². The largest absolute Gasteiger partial charge is 0.508 e. The van der Waals surface area contributed by atoms with Gasteiger partial charge in [0.1, 0.15) is 11.1 Å². The molecule has 0 radical (unpaired) electrons. The van der Waals surface area contributed by atoms with Crippen LogP contribution in [0.4, 0.5) is 0 Å². The molecule has 0 saturated heterocycles. The molecule has 3 rings (SSSR count). The number of aromatic hydroxyl groups is 3. The molecule has 2 aromatic carbocycles. The fourth-order valence-electron chi connectivity index (χ4n) is 2.70. The van der Waals surface area contributed by atoms with Crippen molar-refractivity contribution in [2.24, 2.45) is 0 Å². The lowest BCUT2D eigenvalue weighted by Gasteiger charge is -2.15. The van der Waals surface area contributed by atoms with Gasteiger partial charge in [-0.2, -0.15) is 0 Å². The van der Waals surface area contributed by atoms with Crippen molar-refractivity contribution < 1.29 is 33.9 Å². The summed E-state index contributed by atoms with van der Waals surface area (Å²) < 4.78 is 21.0. The fourth-order valence-corrected chi connectivity index (χ4v) is 2.70. The standard InChI is InChI=1S/C18H16O8/c1-23-16-11(20)10-12(21)17(24-2)14(8-4-6-9(19)7-5-8)26-15(10)18(25-3)13(16)22/h4-7,19-20,22H,1-3H3. The second-order valence-electron chi connectivity index (χ2n) is 5.31. The van der Waals surface area contributed by atoms with Gasteiger partial charge < -0.3 is 33.9 Å². The Balaban J connectivity index is 2.50. The Morgan fingerprint density at radius 1 is 0.808 bits per heavy atom. The monoisotopic (exact) mass is 360 g/mol. The first-order valence-corrected chi connectivity index (χ1v) is 7.44. The summed E-state index contributed by atoms with van der Waals surface area (Å²) in [5, 5.41) is 29.8. The summed E-state index contributed by atoms with van der Waals surface area (Å²) in [5.41, 5.74) is -0.404. The van der Waals surface area contributed by atoms with E-state index in [1.807, 2.05) is 0 Å². The molecule has 0 aliphatic carbocycles. The van der Waals surface area contributed by atoms with Gasteiger partial charge in [-0.3, -0.25) is 4.79 Å². The first-order chi connectivity index (χ1) is 12.4. The van der Waals surface area contributed by atoms with Gasteiger partial charge in [0.25, 0.3) is 0 Å². The number of methoxy groups -OCH3 is 3. The Bertz CT molecular complexity index is 1030. The average Bonchev–Trinajstić information content (AvgIpc) is 2.62. The minimum Gasteiger partial charge on any atom is -0.508 e. The molecule has 3 aromatic rings. The number of rotatable bonds is 4. The minimum atomic E-state index is -0.675. The van der Waals surface area contributed by atoms with Crippen LogP contribution in [0.15, 0.2) is 33.5 Å². The van der Waals surface area contributed by atoms with E-state index in [2.05, 4.69) is 0 Å². The zero-order chi connectivity index (χ0) is 19.0. The van der Waals surface area contributed by atoms with Crippen LogP contribution in [0.3, 0.4) is 0 Å². The van der Waals surface area contributed by atoms with Crippen LogP contribution in [0.5, 0.6) is 34.5 Å². The van der Waals surface area contributed by atoms with Gasteiger partial charge >= 0.3 is 0 Å².